The van der Waals surface area contributed by atoms with E-state index in [-0.39, 0.29) is 0 Å². The Kier molecular flexibility index (Phi) is 3.90. The van der Waals surface area contributed by atoms with E-state index in [4.69, 9.17) is 10.5 Å². The molecule has 88 valence electrons. The van der Waals surface area contributed by atoms with E-state index in [9.17, 15) is 0 Å². The van der Waals surface area contributed by atoms with E-state index in [1.165, 1.54) is 11.3 Å². The van der Waals surface area contributed by atoms with E-state index in [0.717, 1.165) is 24.5 Å². The number of ether oxygens (including phenoxy) is 1. The maximum atomic E-state index is 5.65. The van der Waals surface area contributed by atoms with Crippen molar-refractivity contribution in [3.63, 3.8) is 0 Å². The van der Waals surface area contributed by atoms with Gasteiger partial charge in [-0.1, -0.05) is 30.4 Å². The number of allylic oxidation sites excluding steroid dienone is 2. The Labute approximate surface area is 99.5 Å². The lowest BCUT2D eigenvalue weighted by atomic mass is 9.85. The summed E-state index contributed by atoms with van der Waals surface area (Å²) in [6.45, 7) is 3.43. The molecule has 0 bridgehead atoms. The summed E-state index contributed by atoms with van der Waals surface area (Å²) in [6.07, 6.45) is 6.74. The third kappa shape index (κ3) is 2.80. The van der Waals surface area contributed by atoms with Crippen LogP contribution in [-0.2, 0) is 6.54 Å². The summed E-state index contributed by atoms with van der Waals surface area (Å²) in [4.78, 5) is 0. The Bertz CT molecular complexity index is 364. The van der Waals surface area contributed by atoms with Gasteiger partial charge in [-0.15, -0.1) is 10.2 Å². The van der Waals surface area contributed by atoms with Gasteiger partial charge in [0.1, 0.15) is 5.01 Å². The molecule has 16 heavy (non-hydrogen) atoms. The number of rotatable bonds is 4. The minimum atomic E-state index is 0.434. The van der Waals surface area contributed by atoms with Crippen LogP contribution in [0.5, 0.6) is 5.19 Å². The molecule has 2 atom stereocenters. The van der Waals surface area contributed by atoms with Crippen LogP contribution in [0.1, 0.15) is 24.8 Å². The molecule has 0 aliphatic heterocycles. The van der Waals surface area contributed by atoms with E-state index in [1.807, 2.05) is 0 Å². The molecule has 1 aromatic rings. The van der Waals surface area contributed by atoms with Crippen molar-refractivity contribution >= 4 is 11.3 Å². The van der Waals surface area contributed by atoms with Crippen molar-refractivity contribution in [3.8, 4) is 5.19 Å². The van der Waals surface area contributed by atoms with Crippen molar-refractivity contribution in [1.29, 1.82) is 0 Å². The van der Waals surface area contributed by atoms with Crippen LogP contribution in [0.4, 0.5) is 0 Å². The van der Waals surface area contributed by atoms with Gasteiger partial charge in [0.15, 0.2) is 0 Å². The summed E-state index contributed by atoms with van der Waals surface area (Å²) in [5, 5.41) is 9.33. The maximum Gasteiger partial charge on any atom is 0.294 e. The molecule has 0 amide bonds. The summed E-state index contributed by atoms with van der Waals surface area (Å²) >= 11 is 1.44. The molecule has 0 spiro atoms. The van der Waals surface area contributed by atoms with Gasteiger partial charge < -0.3 is 10.5 Å². The van der Waals surface area contributed by atoms with Crippen molar-refractivity contribution in [1.82, 2.24) is 10.2 Å². The summed E-state index contributed by atoms with van der Waals surface area (Å²) in [7, 11) is 0. The largest absolute Gasteiger partial charge is 0.469 e. The number of hydrogen-bond donors (Lipinski definition) is 1. The smallest absolute Gasteiger partial charge is 0.294 e. The fraction of sp³-hybridized carbons (Fsp3) is 0.636. The zero-order chi connectivity index (χ0) is 11.4. The van der Waals surface area contributed by atoms with Gasteiger partial charge in [0.25, 0.3) is 5.19 Å². The Morgan fingerprint density at radius 2 is 2.25 bits per heavy atom. The number of nitrogens with two attached hydrogens (primary N) is 1. The lowest BCUT2D eigenvalue weighted by molar-refractivity contribution is 0.197. The van der Waals surface area contributed by atoms with Crippen LogP contribution >= 0.6 is 11.3 Å². The first-order chi connectivity index (χ1) is 7.79. The molecule has 4 nitrogen and oxygen atoms in total. The topological polar surface area (TPSA) is 61.0 Å². The lowest BCUT2D eigenvalue weighted by Gasteiger charge is -2.24. The van der Waals surface area contributed by atoms with Crippen molar-refractivity contribution < 1.29 is 4.74 Å². The minimum absolute atomic E-state index is 0.434. The monoisotopic (exact) mass is 239 g/mol. The van der Waals surface area contributed by atoms with E-state index < -0.39 is 0 Å². The van der Waals surface area contributed by atoms with Crippen LogP contribution in [-0.4, -0.2) is 16.8 Å². The summed E-state index contributed by atoms with van der Waals surface area (Å²) < 4.78 is 5.65. The molecule has 1 aliphatic rings. The molecule has 0 fully saturated rings. The number of hydrogen-bond acceptors (Lipinski definition) is 5. The highest BCUT2D eigenvalue weighted by atomic mass is 32.1. The molecule has 0 saturated carbocycles. The molecule has 1 aromatic heterocycles. The van der Waals surface area contributed by atoms with Crippen molar-refractivity contribution in [2.45, 2.75) is 26.3 Å². The number of aromatic nitrogens is 2. The predicted octanol–water partition coefficient (Wildman–Crippen LogP) is 1.98. The Morgan fingerprint density at radius 1 is 1.44 bits per heavy atom. The molecule has 0 radical (unpaired) electrons. The highest BCUT2D eigenvalue weighted by Gasteiger charge is 2.19. The van der Waals surface area contributed by atoms with Gasteiger partial charge in [0.05, 0.1) is 6.61 Å². The van der Waals surface area contributed by atoms with Crippen molar-refractivity contribution in [3.05, 3.63) is 17.2 Å². The zero-order valence-electron chi connectivity index (χ0n) is 9.43. The standard InChI is InChI=1S/C11H17N3OS/c1-8-4-2-3-5-9(8)7-15-11-14-13-10(6-12)16-11/h2-3,8-9H,4-7,12H2,1H3. The van der Waals surface area contributed by atoms with Crippen LogP contribution in [0.3, 0.4) is 0 Å². The van der Waals surface area contributed by atoms with Gasteiger partial charge in [-0.3, -0.25) is 0 Å². The molecule has 2 rings (SSSR count). The summed E-state index contributed by atoms with van der Waals surface area (Å²) in [5.74, 6) is 1.28. The second-order valence-corrected chi connectivity index (χ2v) is 5.18. The quantitative estimate of drug-likeness (QED) is 0.816. The first-order valence-electron chi connectivity index (χ1n) is 5.60. The minimum Gasteiger partial charge on any atom is -0.469 e. The van der Waals surface area contributed by atoms with E-state index in [1.54, 1.807) is 0 Å². The van der Waals surface area contributed by atoms with Crippen LogP contribution in [0.2, 0.25) is 0 Å². The third-order valence-corrected chi connectivity index (χ3v) is 3.82. The molecule has 1 heterocycles. The Hall–Kier alpha value is -0.940. The van der Waals surface area contributed by atoms with Gasteiger partial charge >= 0.3 is 0 Å². The first-order valence-corrected chi connectivity index (χ1v) is 6.41. The second kappa shape index (κ2) is 5.41. The fourth-order valence-electron chi connectivity index (χ4n) is 1.80. The SMILES string of the molecule is CC1CC=CCC1COc1nnc(CN)s1. The zero-order valence-corrected chi connectivity index (χ0v) is 10.2. The van der Waals surface area contributed by atoms with Crippen LogP contribution in [0, 0.1) is 11.8 Å². The normalized spacial score (nSPS) is 24.6. The third-order valence-electron chi connectivity index (χ3n) is 2.96. The molecular formula is C11H17N3OS. The Morgan fingerprint density at radius 3 is 2.94 bits per heavy atom. The van der Waals surface area contributed by atoms with Gasteiger partial charge in [0, 0.05) is 6.54 Å². The van der Waals surface area contributed by atoms with Crippen LogP contribution < -0.4 is 10.5 Å². The molecule has 2 unspecified atom stereocenters. The fourth-order valence-corrected chi connectivity index (χ4v) is 2.37. The predicted molar refractivity (Wildman–Crippen MR) is 64.3 cm³/mol. The summed E-state index contributed by atoms with van der Waals surface area (Å²) in [5.41, 5.74) is 5.47. The maximum absolute atomic E-state index is 5.65. The molecule has 2 N–H and O–H groups in total. The lowest BCUT2D eigenvalue weighted by Crippen LogP contribution is -2.21. The molecule has 1 aliphatic carbocycles. The average molecular weight is 239 g/mol. The molecular weight excluding hydrogens is 222 g/mol. The van der Waals surface area contributed by atoms with Gasteiger partial charge in [-0.25, -0.2) is 0 Å². The average Bonchev–Trinajstić information content (AvgIpc) is 2.76. The van der Waals surface area contributed by atoms with E-state index in [0.29, 0.717) is 23.6 Å². The highest BCUT2D eigenvalue weighted by Crippen LogP contribution is 2.26. The second-order valence-electron chi connectivity index (χ2n) is 4.16. The molecule has 0 aromatic carbocycles. The number of nitrogens with zero attached hydrogens (tertiary/aromatic N) is 2. The highest BCUT2D eigenvalue weighted by molar-refractivity contribution is 7.13. The summed E-state index contributed by atoms with van der Waals surface area (Å²) in [6, 6.07) is 0. The first kappa shape index (κ1) is 11.5. The van der Waals surface area contributed by atoms with Gasteiger partial charge in [0.2, 0.25) is 0 Å². The van der Waals surface area contributed by atoms with Crippen LogP contribution in [0.15, 0.2) is 12.2 Å². The molecule has 0 saturated heterocycles. The van der Waals surface area contributed by atoms with Crippen molar-refractivity contribution in [2.75, 3.05) is 6.61 Å². The van der Waals surface area contributed by atoms with E-state index >= 15 is 0 Å². The van der Waals surface area contributed by atoms with E-state index in [2.05, 4.69) is 29.3 Å². The molecule has 5 heteroatoms. The van der Waals surface area contributed by atoms with Crippen LogP contribution in [0.25, 0.3) is 0 Å². The van der Waals surface area contributed by atoms with Crippen molar-refractivity contribution in [2.24, 2.45) is 17.6 Å². The Balaban J connectivity index is 1.84. The van der Waals surface area contributed by atoms with Gasteiger partial charge in [-0.2, -0.15) is 0 Å². The van der Waals surface area contributed by atoms with Gasteiger partial charge in [-0.05, 0) is 24.7 Å².